The van der Waals surface area contributed by atoms with Crippen LogP contribution in [-0.4, -0.2) is 55.8 Å². The lowest BCUT2D eigenvalue weighted by Gasteiger charge is -2.12. The molecule has 1 aliphatic carbocycles. The first-order chi connectivity index (χ1) is 45.3. The first-order valence-electron chi connectivity index (χ1n) is 28.1. The van der Waals surface area contributed by atoms with Crippen molar-refractivity contribution in [3.63, 3.8) is 0 Å². The van der Waals surface area contributed by atoms with Gasteiger partial charge in [0.15, 0.2) is 5.78 Å². The Labute approximate surface area is 553 Å². The van der Waals surface area contributed by atoms with E-state index in [1.807, 2.05) is 55.6 Å². The fourth-order valence-electron chi connectivity index (χ4n) is 9.62. The number of carbonyl (C=O) groups excluding carboxylic acids is 3. The Bertz CT molecular complexity index is 5360. The molecule has 0 radical (unpaired) electrons. The summed E-state index contributed by atoms with van der Waals surface area (Å²) in [6.45, 7) is 4.94. The summed E-state index contributed by atoms with van der Waals surface area (Å²) in [5.74, 6) is -0.561. The van der Waals surface area contributed by atoms with Gasteiger partial charge in [-0.1, -0.05) is 28.9 Å². The SMILES string of the molecule is C.C.C.C=C1C=CC(=[O+]c2ccc(-n3c(=O)c4cc5c(=O)n(C)c(=O)c5cc4c3=O)cc2)C=C1.CNc1ccc(Oc2ccc(NC(=O)c3cc(C(=O)O)c(C(C)=O)cc3C(=O)O)cc2)cc1.Nc1ccc(Oc2ccc(N)cc2)cc1.O=c1oc(=O)c2cc3c(=O)oc(=O)c3cc12. The van der Waals surface area contributed by atoms with Crippen LogP contribution < -0.4 is 76.3 Å². The average Bonchev–Trinajstić information content (AvgIpc) is 1.31. The van der Waals surface area contributed by atoms with Gasteiger partial charge in [0.25, 0.3) is 28.1 Å². The van der Waals surface area contributed by atoms with Crippen LogP contribution in [0.15, 0.2) is 241 Å². The molecule has 0 bridgehead atoms. The summed E-state index contributed by atoms with van der Waals surface area (Å²) in [6.07, 6.45) is 7.24. The number of ether oxygens (including phenoxy) is 2. The summed E-state index contributed by atoms with van der Waals surface area (Å²) >= 11 is 0. The van der Waals surface area contributed by atoms with E-state index in [2.05, 4.69) is 26.0 Å². The van der Waals surface area contributed by atoms with E-state index < -0.39 is 79.5 Å². The van der Waals surface area contributed by atoms with Gasteiger partial charge in [0.05, 0.1) is 65.5 Å². The van der Waals surface area contributed by atoms with E-state index in [1.54, 1.807) is 97.1 Å². The minimum Gasteiger partial charge on any atom is -0.478 e. The molecule has 0 fully saturated rings. The molecule has 0 saturated carbocycles. The maximum absolute atomic E-state index is 12.9. The van der Waals surface area contributed by atoms with Crippen LogP contribution in [0.2, 0.25) is 0 Å². The fourth-order valence-corrected chi connectivity index (χ4v) is 9.62. The van der Waals surface area contributed by atoms with E-state index in [1.165, 1.54) is 19.2 Å². The Hall–Kier alpha value is -13.7. The van der Waals surface area contributed by atoms with Gasteiger partial charge in [-0.05, 0) is 170 Å². The highest BCUT2D eigenvalue weighted by molar-refractivity contribution is 6.15. The molecule has 1 amide bonds. The van der Waals surface area contributed by atoms with Crippen LogP contribution >= 0.6 is 0 Å². The molecule has 0 spiro atoms. The number of nitrogens with two attached hydrogens (primary N) is 2. The fraction of sp³-hybridized carbons (Fsp3) is 0.0822. The highest BCUT2D eigenvalue weighted by Crippen LogP contribution is 2.27. The van der Waals surface area contributed by atoms with Crippen molar-refractivity contribution in [1.29, 1.82) is 0 Å². The number of aromatic carboxylic acids is 2. The van der Waals surface area contributed by atoms with Gasteiger partial charge < -0.3 is 50.6 Å². The second kappa shape index (κ2) is 29.9. The normalized spacial score (nSPS) is 11.1. The molecule has 0 unspecified atom stereocenters. The predicted octanol–water partition coefficient (Wildman–Crippen LogP) is 10.4. The van der Waals surface area contributed by atoms with Gasteiger partial charge in [-0.3, -0.25) is 33.3 Å². The Morgan fingerprint density at radius 2 is 0.827 bits per heavy atom. The topological polar surface area (TPSA) is 387 Å². The number of carboxylic acid groups (broad SMARTS) is 2. The smallest absolute Gasteiger partial charge is 0.353 e. The van der Waals surface area contributed by atoms with Crippen LogP contribution in [0, 0.1) is 0 Å². The molecule has 25 heteroatoms. The number of allylic oxidation sites excluding steroid dienone is 5. The average molecular weight is 1330 g/mol. The van der Waals surface area contributed by atoms with Crippen LogP contribution in [0.1, 0.15) is 70.6 Å². The number of nitrogens with one attached hydrogen (secondary N) is 2. The van der Waals surface area contributed by atoms with Crippen LogP contribution in [0.25, 0.3) is 48.8 Å². The van der Waals surface area contributed by atoms with Crippen molar-refractivity contribution in [2.75, 3.05) is 29.1 Å². The molecule has 1 aliphatic rings. The highest BCUT2D eigenvalue weighted by atomic mass is 16.5. The molecule has 8 N–H and O–H groups in total. The predicted molar refractivity (Wildman–Crippen MR) is 375 cm³/mol. The van der Waals surface area contributed by atoms with Crippen molar-refractivity contribution in [3.8, 4) is 34.4 Å². The molecule has 13 rings (SSSR count). The molecular formula is C73H61N6O19+. The van der Waals surface area contributed by atoms with Gasteiger partial charge in [-0.25, -0.2) is 37.8 Å². The lowest BCUT2D eigenvalue weighted by atomic mass is 9.95. The molecule has 0 saturated heterocycles. The number of rotatable bonds is 12. The molecular weight excluding hydrogens is 1260 g/mol. The molecule has 8 aromatic carbocycles. The minimum absolute atomic E-state index is 0. The lowest BCUT2D eigenvalue weighted by molar-refractivity contribution is -0.364. The van der Waals surface area contributed by atoms with Gasteiger partial charge in [-0.2, -0.15) is 0 Å². The number of nitrogen functional groups attached to an aromatic ring is 2. The largest absolute Gasteiger partial charge is 0.478 e. The van der Waals surface area contributed by atoms with E-state index in [-0.39, 0.29) is 76.5 Å². The summed E-state index contributed by atoms with van der Waals surface area (Å²) in [6, 6.07) is 41.4. The third kappa shape index (κ3) is 15.3. The third-order valence-corrected chi connectivity index (χ3v) is 14.5. The van der Waals surface area contributed by atoms with Crippen molar-refractivity contribution in [1.82, 2.24) is 9.13 Å². The number of carboxylic acids is 2. The van der Waals surface area contributed by atoms with Crippen LogP contribution in [0.3, 0.4) is 0 Å². The number of benzene rings is 8. The van der Waals surface area contributed by atoms with Crippen molar-refractivity contribution >= 4 is 95.3 Å². The van der Waals surface area contributed by atoms with E-state index in [9.17, 15) is 67.7 Å². The maximum atomic E-state index is 12.9. The Morgan fingerprint density at radius 1 is 0.469 bits per heavy atom. The molecule has 4 heterocycles. The van der Waals surface area contributed by atoms with E-state index in [0.717, 1.165) is 74.5 Å². The van der Waals surface area contributed by atoms with E-state index in [4.69, 9.17) is 25.4 Å². The first kappa shape index (κ1) is 71.7. The second-order valence-corrected chi connectivity index (χ2v) is 20.8. The minimum atomic E-state index is -1.47. The number of Topliss-reactive ketones (excluding diaryl/α,β-unsaturated/α-hetero) is 1. The summed E-state index contributed by atoms with van der Waals surface area (Å²) < 4.78 is 27.7. The number of furan rings is 2. The van der Waals surface area contributed by atoms with Crippen molar-refractivity contribution in [3.05, 3.63) is 300 Å². The van der Waals surface area contributed by atoms with Crippen molar-refractivity contribution in [2.45, 2.75) is 29.2 Å². The molecule has 12 aromatic rings. The van der Waals surface area contributed by atoms with Crippen molar-refractivity contribution < 1.29 is 52.1 Å². The van der Waals surface area contributed by atoms with Gasteiger partial charge in [0.1, 0.15) is 23.0 Å². The molecule has 0 atom stereocenters. The summed E-state index contributed by atoms with van der Waals surface area (Å²) in [5, 5.41) is 24.8. The number of anilines is 4. The van der Waals surface area contributed by atoms with Gasteiger partial charge >= 0.3 is 46.0 Å². The number of hydrogen-bond acceptors (Lipinski definition) is 19. The van der Waals surface area contributed by atoms with Crippen molar-refractivity contribution in [2.24, 2.45) is 7.05 Å². The van der Waals surface area contributed by atoms with Crippen LogP contribution in [0.4, 0.5) is 22.7 Å². The summed E-state index contributed by atoms with van der Waals surface area (Å²) in [5.41, 5.74) is 8.11. The zero-order valence-electron chi connectivity index (χ0n) is 49.9. The molecule has 4 aromatic heterocycles. The molecule has 496 valence electrons. The Morgan fingerprint density at radius 3 is 1.21 bits per heavy atom. The molecule has 25 nitrogen and oxygen atoms in total. The van der Waals surface area contributed by atoms with Gasteiger partial charge in [0, 0.05) is 66.7 Å². The van der Waals surface area contributed by atoms with E-state index >= 15 is 0 Å². The standard InChI is InChI=1S/C24H20N2O7.C24H15N2O5.C12H12N2O.C10H2O6.3CH4/c1-13(27)18-11-21(24(31)32)19(12-20(18)23(29)30)22(28)26-15-5-9-17(10-6-15)33-16-7-3-14(25-2)4-8-16;1-13-3-7-15(8-4-13)31-16-9-5-14(6-10-16)26-23(29)19-11-17-18(12-20(19)24(26)30)22(28)25(2)21(17)27;13-9-1-5-11(6-2-9)15-12-7-3-10(14)4-8-12;11-7-3-1-4-6(10(14)16-8(4)12)2-5(3)9(13)15-7;;;/h3-12,25H,1-2H3,(H,26,28)(H,29,30)(H,31,32);3-12H,1H2,2H3;1-8H,13-14H2;1-2H;3*1H4/q;+1;;;;;. The lowest BCUT2D eigenvalue weighted by Crippen LogP contribution is -2.23. The Balaban J connectivity index is 0.000000192. The number of nitrogens with zero attached hydrogens (tertiary/aromatic N) is 2. The first-order valence-corrected chi connectivity index (χ1v) is 28.1. The van der Waals surface area contributed by atoms with Gasteiger partial charge in [0.2, 0.25) is 0 Å². The number of carbonyl (C=O) groups is 4. The second-order valence-electron chi connectivity index (χ2n) is 20.8. The number of aromatic nitrogens is 2. The van der Waals surface area contributed by atoms with Crippen LogP contribution in [0.5, 0.6) is 28.7 Å². The summed E-state index contributed by atoms with van der Waals surface area (Å²) in [7, 11) is 3.17. The third-order valence-electron chi connectivity index (χ3n) is 14.5. The van der Waals surface area contributed by atoms with Gasteiger partial charge in [-0.15, -0.1) is 0 Å². The molecule has 98 heavy (non-hydrogen) atoms. The van der Waals surface area contributed by atoms with Crippen LogP contribution in [-0.2, 0) is 11.5 Å². The quantitative estimate of drug-likeness (QED) is 0.0376. The summed E-state index contributed by atoms with van der Waals surface area (Å²) in [4.78, 5) is 143. The molecule has 0 aliphatic heterocycles. The number of amides is 1. The highest BCUT2D eigenvalue weighted by Gasteiger charge is 2.25. The number of ketones is 2. The zero-order chi connectivity index (χ0) is 68.1. The zero-order valence-corrected chi connectivity index (χ0v) is 49.9. The monoisotopic (exact) mass is 1330 g/mol. The number of fused-ring (bicyclic) bond motifs is 4. The number of hydrogen-bond donors (Lipinski definition) is 6. The van der Waals surface area contributed by atoms with E-state index in [0.29, 0.717) is 34.4 Å². The maximum Gasteiger partial charge on any atom is 0.353 e. The Kier molecular flexibility index (Phi) is 21.9.